The van der Waals surface area contributed by atoms with Crippen LogP contribution in [0.2, 0.25) is 0 Å². The molecule has 0 spiro atoms. The van der Waals surface area contributed by atoms with E-state index in [0.717, 1.165) is 25.7 Å². The van der Waals surface area contributed by atoms with Gasteiger partial charge in [0.05, 0.1) is 0 Å². The van der Waals surface area contributed by atoms with E-state index in [2.05, 4.69) is 12.2 Å². The summed E-state index contributed by atoms with van der Waals surface area (Å²) in [7, 11) is 0. The lowest BCUT2D eigenvalue weighted by Gasteiger charge is -2.38. The topological polar surface area (TPSA) is 49.4 Å². The van der Waals surface area contributed by atoms with E-state index in [1.807, 2.05) is 38.1 Å². The Hall–Kier alpha value is -1.84. The van der Waals surface area contributed by atoms with E-state index < -0.39 is 11.8 Å². The highest BCUT2D eigenvalue weighted by molar-refractivity contribution is 6.39. The molecule has 0 radical (unpaired) electrons. The molecule has 2 atom stereocenters. The van der Waals surface area contributed by atoms with E-state index in [0.29, 0.717) is 5.69 Å². The van der Waals surface area contributed by atoms with Gasteiger partial charge in [-0.1, -0.05) is 19.1 Å². The smallest absolute Gasteiger partial charge is 0.313 e. The number of carbonyl (C=O) groups excluding carboxylic acids is 2. The van der Waals surface area contributed by atoms with Crippen LogP contribution in [0.4, 0.5) is 5.69 Å². The van der Waals surface area contributed by atoms with E-state index in [-0.39, 0.29) is 12.1 Å². The SMILES string of the molecule is CCc1ccc(NC(=O)C(=O)N2C(C)CCCC2C)cc1. The molecule has 4 heteroatoms. The van der Waals surface area contributed by atoms with Gasteiger partial charge in [-0.25, -0.2) is 0 Å². The first-order valence-electron chi connectivity index (χ1n) is 7.75. The summed E-state index contributed by atoms with van der Waals surface area (Å²) in [6.45, 7) is 6.10. The Morgan fingerprint density at radius 2 is 1.71 bits per heavy atom. The molecule has 1 N–H and O–H groups in total. The monoisotopic (exact) mass is 288 g/mol. The first-order chi connectivity index (χ1) is 10.0. The minimum atomic E-state index is -0.542. The van der Waals surface area contributed by atoms with Crippen LogP contribution in [-0.2, 0) is 16.0 Å². The van der Waals surface area contributed by atoms with Crippen LogP contribution in [0.15, 0.2) is 24.3 Å². The van der Waals surface area contributed by atoms with Crippen LogP contribution < -0.4 is 5.32 Å². The van der Waals surface area contributed by atoms with Crippen molar-refractivity contribution >= 4 is 17.5 Å². The normalized spacial score (nSPS) is 22.0. The third-order valence-electron chi connectivity index (χ3n) is 4.24. The Kier molecular flexibility index (Phi) is 4.99. The van der Waals surface area contributed by atoms with Gasteiger partial charge in [-0.3, -0.25) is 9.59 Å². The van der Waals surface area contributed by atoms with Gasteiger partial charge in [-0.2, -0.15) is 0 Å². The Bertz CT molecular complexity index is 500. The molecule has 1 aliphatic heterocycles. The summed E-state index contributed by atoms with van der Waals surface area (Å²) in [4.78, 5) is 26.2. The lowest BCUT2D eigenvalue weighted by atomic mass is 9.97. The summed E-state index contributed by atoms with van der Waals surface area (Å²) in [6.07, 6.45) is 4.01. The average Bonchev–Trinajstić information content (AvgIpc) is 2.47. The van der Waals surface area contributed by atoms with Gasteiger partial charge in [-0.15, -0.1) is 0 Å². The predicted molar refractivity (Wildman–Crippen MR) is 84.1 cm³/mol. The van der Waals surface area contributed by atoms with Crippen LogP contribution in [0.3, 0.4) is 0 Å². The summed E-state index contributed by atoms with van der Waals surface area (Å²) >= 11 is 0. The second kappa shape index (κ2) is 6.74. The number of nitrogens with one attached hydrogen (secondary N) is 1. The molecule has 1 aromatic carbocycles. The van der Waals surface area contributed by atoms with Crippen molar-refractivity contribution in [2.24, 2.45) is 0 Å². The van der Waals surface area contributed by atoms with Crippen molar-refractivity contribution in [2.45, 2.75) is 58.5 Å². The molecule has 0 aliphatic carbocycles. The van der Waals surface area contributed by atoms with Gasteiger partial charge in [0.1, 0.15) is 0 Å². The Morgan fingerprint density at radius 3 is 2.24 bits per heavy atom. The van der Waals surface area contributed by atoms with Crippen molar-refractivity contribution < 1.29 is 9.59 Å². The molecule has 1 aromatic rings. The molecule has 0 saturated carbocycles. The van der Waals surface area contributed by atoms with Gasteiger partial charge in [0.15, 0.2) is 0 Å². The molecular formula is C17H24N2O2. The summed E-state index contributed by atoms with van der Waals surface area (Å²) < 4.78 is 0. The molecule has 1 saturated heterocycles. The van der Waals surface area contributed by atoms with Gasteiger partial charge in [0, 0.05) is 17.8 Å². The quantitative estimate of drug-likeness (QED) is 0.851. The number of rotatable bonds is 2. The zero-order valence-electron chi connectivity index (χ0n) is 13.1. The van der Waals surface area contributed by atoms with Gasteiger partial charge < -0.3 is 10.2 Å². The van der Waals surface area contributed by atoms with Crippen molar-refractivity contribution in [3.05, 3.63) is 29.8 Å². The minimum absolute atomic E-state index is 0.134. The van der Waals surface area contributed by atoms with Crippen molar-refractivity contribution in [1.82, 2.24) is 4.90 Å². The maximum Gasteiger partial charge on any atom is 0.313 e. The van der Waals surface area contributed by atoms with Crippen LogP contribution in [0, 0.1) is 0 Å². The zero-order valence-corrected chi connectivity index (χ0v) is 13.1. The number of likely N-dealkylation sites (tertiary alicyclic amines) is 1. The molecule has 21 heavy (non-hydrogen) atoms. The number of benzene rings is 1. The second-order valence-electron chi connectivity index (χ2n) is 5.85. The van der Waals surface area contributed by atoms with Crippen molar-refractivity contribution in [3.63, 3.8) is 0 Å². The number of carbonyl (C=O) groups is 2. The number of amides is 2. The maximum atomic E-state index is 12.4. The van der Waals surface area contributed by atoms with Crippen molar-refractivity contribution in [1.29, 1.82) is 0 Å². The summed E-state index contributed by atoms with van der Waals surface area (Å²) in [6, 6.07) is 7.88. The lowest BCUT2D eigenvalue weighted by molar-refractivity contribution is -0.147. The third-order valence-corrected chi connectivity index (χ3v) is 4.24. The van der Waals surface area contributed by atoms with Crippen LogP contribution in [0.1, 0.15) is 45.6 Å². The van der Waals surface area contributed by atoms with E-state index >= 15 is 0 Å². The van der Waals surface area contributed by atoms with Crippen molar-refractivity contribution in [3.8, 4) is 0 Å². The molecule has 2 unspecified atom stereocenters. The minimum Gasteiger partial charge on any atom is -0.329 e. The maximum absolute atomic E-state index is 12.4. The van der Waals surface area contributed by atoms with Crippen LogP contribution in [0.5, 0.6) is 0 Å². The number of anilines is 1. The standard InChI is InChI=1S/C17H24N2O2/c1-4-14-8-10-15(11-9-14)18-16(20)17(21)19-12(2)6-5-7-13(19)3/h8-13H,4-7H2,1-3H3,(H,18,20). The molecule has 0 aromatic heterocycles. The number of piperidine rings is 1. The highest BCUT2D eigenvalue weighted by atomic mass is 16.2. The Morgan fingerprint density at radius 1 is 1.14 bits per heavy atom. The highest BCUT2D eigenvalue weighted by Crippen LogP contribution is 2.22. The van der Waals surface area contributed by atoms with E-state index in [1.54, 1.807) is 4.90 Å². The first-order valence-corrected chi connectivity index (χ1v) is 7.75. The summed E-state index contributed by atoms with van der Waals surface area (Å²) in [5.74, 6) is -0.964. The molecule has 4 nitrogen and oxygen atoms in total. The first kappa shape index (κ1) is 15.5. The number of hydrogen-bond acceptors (Lipinski definition) is 2. The Labute approximate surface area is 126 Å². The van der Waals surface area contributed by atoms with E-state index in [4.69, 9.17) is 0 Å². The molecule has 1 aliphatic rings. The lowest BCUT2D eigenvalue weighted by Crippen LogP contribution is -2.51. The largest absolute Gasteiger partial charge is 0.329 e. The van der Waals surface area contributed by atoms with Crippen LogP contribution in [-0.4, -0.2) is 28.8 Å². The fourth-order valence-electron chi connectivity index (χ4n) is 2.95. The third kappa shape index (κ3) is 3.63. The summed E-state index contributed by atoms with van der Waals surface area (Å²) in [5, 5.41) is 2.70. The Balaban J connectivity index is 2.02. The molecule has 2 rings (SSSR count). The predicted octanol–water partition coefficient (Wildman–Crippen LogP) is 2.98. The summed E-state index contributed by atoms with van der Waals surface area (Å²) in [5.41, 5.74) is 1.88. The van der Waals surface area contributed by atoms with Gasteiger partial charge >= 0.3 is 11.8 Å². The molecule has 1 heterocycles. The van der Waals surface area contributed by atoms with Crippen molar-refractivity contribution in [2.75, 3.05) is 5.32 Å². The zero-order chi connectivity index (χ0) is 15.4. The highest BCUT2D eigenvalue weighted by Gasteiger charge is 2.32. The second-order valence-corrected chi connectivity index (χ2v) is 5.85. The molecule has 0 bridgehead atoms. The van der Waals surface area contributed by atoms with E-state index in [1.165, 1.54) is 5.56 Å². The number of hydrogen-bond donors (Lipinski definition) is 1. The number of nitrogens with zero attached hydrogens (tertiary/aromatic N) is 1. The average molecular weight is 288 g/mol. The fourth-order valence-corrected chi connectivity index (χ4v) is 2.95. The van der Waals surface area contributed by atoms with E-state index in [9.17, 15) is 9.59 Å². The number of aryl methyl sites for hydroxylation is 1. The van der Waals surface area contributed by atoms with Crippen LogP contribution >= 0.6 is 0 Å². The molecular weight excluding hydrogens is 264 g/mol. The molecule has 114 valence electrons. The van der Waals surface area contributed by atoms with Crippen LogP contribution in [0.25, 0.3) is 0 Å². The molecule has 1 fully saturated rings. The fraction of sp³-hybridized carbons (Fsp3) is 0.529. The van der Waals surface area contributed by atoms with Gasteiger partial charge in [0.25, 0.3) is 0 Å². The molecule has 2 amide bonds. The van der Waals surface area contributed by atoms with Gasteiger partial charge in [0.2, 0.25) is 0 Å². The van der Waals surface area contributed by atoms with Gasteiger partial charge in [-0.05, 0) is 57.2 Å².